The number of ether oxygens (including phenoxy) is 1. The van der Waals surface area contributed by atoms with Gasteiger partial charge in [0.05, 0.1) is 23.1 Å². The number of rotatable bonds is 7. The van der Waals surface area contributed by atoms with E-state index in [1.807, 2.05) is 6.07 Å². The lowest BCUT2D eigenvalue weighted by Crippen LogP contribution is -2.43. The topological polar surface area (TPSA) is 84.5 Å². The van der Waals surface area contributed by atoms with Gasteiger partial charge in [-0.15, -0.1) is 0 Å². The molecule has 0 radical (unpaired) electrons. The number of esters is 1. The Kier molecular flexibility index (Phi) is 8.32. The minimum Gasteiger partial charge on any atom is -0.461 e. The second kappa shape index (κ2) is 11.7. The molecule has 1 fully saturated rings. The number of hydrogen-bond acceptors (Lipinski definition) is 5. The quantitative estimate of drug-likeness (QED) is 0.285. The van der Waals surface area contributed by atoms with Crippen LogP contribution in [0.3, 0.4) is 0 Å². The molecule has 204 valence electrons. The van der Waals surface area contributed by atoms with Crippen LogP contribution in [0.25, 0.3) is 0 Å². The van der Waals surface area contributed by atoms with Crippen molar-refractivity contribution in [3.05, 3.63) is 95.3 Å². The lowest BCUT2D eigenvalue weighted by atomic mass is 9.68. The Morgan fingerprint density at radius 3 is 2.28 bits per heavy atom. The van der Waals surface area contributed by atoms with E-state index in [0.717, 1.165) is 17.3 Å². The summed E-state index contributed by atoms with van der Waals surface area (Å²) < 4.78 is 58.9. The second-order valence-electron chi connectivity index (χ2n) is 9.33. The number of amides is 1. The van der Waals surface area contributed by atoms with Crippen LogP contribution in [0.4, 0.5) is 28.9 Å². The predicted molar refractivity (Wildman–Crippen MR) is 136 cm³/mol. The molecular weight excluding hydrogens is 516 g/mol. The zero-order chi connectivity index (χ0) is 28.2. The zero-order valence-electron chi connectivity index (χ0n) is 20.9. The standard InChI is InChI=1S/C29H26F4N2O4/c1-34-20-10-7-18(8-11-20)22-14-21(36)15-23(26(22)28(38)39-16-17-5-3-2-4-6-17)27(37)35-25-12-9-19(13-24(25)30)29(31,32)33/h2-13,22-23,26,34H,14-16H2,1H3,(H,35,37)/t22-,23-,26-/m1/s1. The third kappa shape index (κ3) is 6.63. The van der Waals surface area contributed by atoms with Gasteiger partial charge in [0.25, 0.3) is 0 Å². The smallest absolute Gasteiger partial charge is 0.416 e. The van der Waals surface area contributed by atoms with Crippen LogP contribution in [0.5, 0.6) is 0 Å². The minimum absolute atomic E-state index is 0.0115. The Bertz CT molecular complexity index is 1340. The molecule has 10 heteroatoms. The van der Waals surface area contributed by atoms with Gasteiger partial charge < -0.3 is 15.4 Å². The molecule has 1 aliphatic carbocycles. The van der Waals surface area contributed by atoms with Crippen molar-refractivity contribution in [3.63, 3.8) is 0 Å². The van der Waals surface area contributed by atoms with Crippen molar-refractivity contribution in [1.29, 1.82) is 0 Å². The lowest BCUT2D eigenvalue weighted by molar-refractivity contribution is -0.157. The first-order chi connectivity index (χ1) is 18.6. The van der Waals surface area contributed by atoms with E-state index in [1.54, 1.807) is 55.6 Å². The van der Waals surface area contributed by atoms with Crippen molar-refractivity contribution in [1.82, 2.24) is 0 Å². The number of hydrogen-bond donors (Lipinski definition) is 2. The SMILES string of the molecule is CNc1ccc([C@H]2CC(=O)C[C@@H](C(=O)Nc3ccc(C(F)(F)F)cc3F)[C@@H]2C(=O)OCc2ccccc2)cc1. The Morgan fingerprint density at radius 2 is 1.67 bits per heavy atom. The summed E-state index contributed by atoms with van der Waals surface area (Å²) in [6.07, 6.45) is -5.07. The van der Waals surface area contributed by atoms with E-state index in [1.165, 1.54) is 0 Å². The highest BCUT2D eigenvalue weighted by Crippen LogP contribution is 2.42. The summed E-state index contributed by atoms with van der Waals surface area (Å²) in [7, 11) is 1.74. The Hall–Kier alpha value is -4.21. The van der Waals surface area contributed by atoms with Crippen molar-refractivity contribution >= 4 is 29.0 Å². The van der Waals surface area contributed by atoms with Crippen LogP contribution in [0.2, 0.25) is 0 Å². The van der Waals surface area contributed by atoms with Gasteiger partial charge in [-0.25, -0.2) is 4.39 Å². The van der Waals surface area contributed by atoms with Gasteiger partial charge in [0.15, 0.2) is 0 Å². The monoisotopic (exact) mass is 542 g/mol. The van der Waals surface area contributed by atoms with Gasteiger partial charge in [0.2, 0.25) is 5.91 Å². The van der Waals surface area contributed by atoms with E-state index in [9.17, 15) is 31.9 Å². The van der Waals surface area contributed by atoms with Crippen molar-refractivity contribution in [2.24, 2.45) is 11.8 Å². The number of nitrogens with one attached hydrogen (secondary N) is 2. The molecule has 0 bridgehead atoms. The maximum atomic E-state index is 14.5. The molecule has 0 spiro atoms. The molecule has 4 rings (SSSR count). The van der Waals surface area contributed by atoms with Gasteiger partial charge in [-0.05, 0) is 41.5 Å². The highest BCUT2D eigenvalue weighted by molar-refractivity contribution is 6.00. The molecule has 2 N–H and O–H groups in total. The fraction of sp³-hybridized carbons (Fsp3) is 0.276. The van der Waals surface area contributed by atoms with E-state index >= 15 is 0 Å². The molecule has 6 nitrogen and oxygen atoms in total. The molecule has 0 aliphatic heterocycles. The van der Waals surface area contributed by atoms with Gasteiger partial charge in [0, 0.05) is 31.5 Å². The molecule has 1 aliphatic rings. The summed E-state index contributed by atoms with van der Waals surface area (Å²) in [6, 6.07) is 17.7. The van der Waals surface area contributed by atoms with E-state index in [4.69, 9.17) is 4.74 Å². The molecule has 0 saturated heterocycles. The van der Waals surface area contributed by atoms with E-state index in [-0.39, 0.29) is 31.3 Å². The number of carbonyl (C=O) groups is 3. The Morgan fingerprint density at radius 1 is 0.974 bits per heavy atom. The summed E-state index contributed by atoms with van der Waals surface area (Å²) in [5, 5.41) is 5.26. The molecule has 3 aromatic carbocycles. The maximum Gasteiger partial charge on any atom is 0.416 e. The summed E-state index contributed by atoms with van der Waals surface area (Å²) in [6.45, 7) is -0.0581. The van der Waals surface area contributed by atoms with E-state index in [2.05, 4.69) is 10.6 Å². The van der Waals surface area contributed by atoms with Gasteiger partial charge in [-0.2, -0.15) is 13.2 Å². The van der Waals surface area contributed by atoms with Crippen LogP contribution < -0.4 is 10.6 Å². The highest BCUT2D eigenvalue weighted by Gasteiger charge is 2.46. The molecular formula is C29H26F4N2O4. The van der Waals surface area contributed by atoms with E-state index < -0.39 is 52.9 Å². The molecule has 1 amide bonds. The molecule has 0 aromatic heterocycles. The predicted octanol–water partition coefficient (Wildman–Crippen LogP) is 5.95. The van der Waals surface area contributed by atoms with Gasteiger partial charge >= 0.3 is 12.1 Å². The largest absolute Gasteiger partial charge is 0.461 e. The van der Waals surface area contributed by atoms with Crippen molar-refractivity contribution in [2.75, 3.05) is 17.7 Å². The Balaban J connectivity index is 1.64. The number of alkyl halides is 3. The van der Waals surface area contributed by atoms with Crippen molar-refractivity contribution in [2.45, 2.75) is 31.5 Å². The normalized spacial score (nSPS) is 19.3. The summed E-state index contributed by atoms with van der Waals surface area (Å²) >= 11 is 0. The second-order valence-corrected chi connectivity index (χ2v) is 9.33. The fourth-order valence-corrected chi connectivity index (χ4v) is 4.76. The summed E-state index contributed by atoms with van der Waals surface area (Å²) in [5.74, 6) is -6.16. The number of anilines is 2. The van der Waals surface area contributed by atoms with Crippen molar-refractivity contribution in [3.8, 4) is 0 Å². The molecule has 3 aromatic rings. The van der Waals surface area contributed by atoms with Crippen LogP contribution in [-0.4, -0.2) is 24.7 Å². The number of carbonyl (C=O) groups excluding carboxylic acids is 3. The average molecular weight is 543 g/mol. The van der Waals surface area contributed by atoms with Crippen LogP contribution in [0.1, 0.15) is 35.4 Å². The third-order valence-corrected chi connectivity index (χ3v) is 6.78. The first-order valence-corrected chi connectivity index (χ1v) is 12.2. The first kappa shape index (κ1) is 27.8. The number of ketones is 1. The number of Topliss-reactive ketones (excluding diaryl/α,β-unsaturated/α-hetero) is 1. The van der Waals surface area contributed by atoms with Crippen LogP contribution in [-0.2, 0) is 31.9 Å². The lowest BCUT2D eigenvalue weighted by Gasteiger charge is -2.35. The van der Waals surface area contributed by atoms with Gasteiger partial charge in [-0.1, -0.05) is 42.5 Å². The maximum absolute atomic E-state index is 14.5. The highest BCUT2D eigenvalue weighted by atomic mass is 19.4. The average Bonchev–Trinajstić information content (AvgIpc) is 2.92. The Labute approximate surface area is 222 Å². The fourth-order valence-electron chi connectivity index (χ4n) is 4.76. The summed E-state index contributed by atoms with van der Waals surface area (Å²) in [5.41, 5.74) is 0.467. The molecule has 0 unspecified atom stereocenters. The number of benzene rings is 3. The van der Waals surface area contributed by atoms with E-state index in [0.29, 0.717) is 11.6 Å². The summed E-state index contributed by atoms with van der Waals surface area (Å²) in [4.78, 5) is 39.6. The molecule has 0 heterocycles. The zero-order valence-corrected chi connectivity index (χ0v) is 20.9. The van der Waals surface area contributed by atoms with Crippen molar-refractivity contribution < 1.29 is 36.7 Å². The van der Waals surface area contributed by atoms with Crippen LogP contribution >= 0.6 is 0 Å². The number of halogens is 4. The van der Waals surface area contributed by atoms with Crippen LogP contribution in [0, 0.1) is 17.7 Å². The first-order valence-electron chi connectivity index (χ1n) is 12.2. The molecule has 1 saturated carbocycles. The van der Waals surface area contributed by atoms with Crippen LogP contribution in [0.15, 0.2) is 72.8 Å². The minimum atomic E-state index is -4.76. The molecule has 39 heavy (non-hydrogen) atoms. The van der Waals surface area contributed by atoms with Gasteiger partial charge in [-0.3, -0.25) is 14.4 Å². The third-order valence-electron chi connectivity index (χ3n) is 6.78. The molecule has 3 atom stereocenters. The van der Waals surface area contributed by atoms with Gasteiger partial charge in [0.1, 0.15) is 18.2 Å².